The van der Waals surface area contributed by atoms with Crippen LogP contribution in [0.25, 0.3) is 0 Å². The largest absolute Gasteiger partial charge is 0.497 e. The summed E-state index contributed by atoms with van der Waals surface area (Å²) in [4.78, 5) is 27.6. The number of aromatic amines is 1. The minimum Gasteiger partial charge on any atom is -0.497 e. The first-order valence-corrected chi connectivity index (χ1v) is 10.1. The Balaban J connectivity index is 1.34. The van der Waals surface area contributed by atoms with E-state index in [2.05, 4.69) is 19.8 Å². The molecule has 3 fully saturated rings. The van der Waals surface area contributed by atoms with Gasteiger partial charge in [-0.3, -0.25) is 14.6 Å². The van der Waals surface area contributed by atoms with Crippen LogP contribution in [0, 0.1) is 0 Å². The van der Waals surface area contributed by atoms with Crippen molar-refractivity contribution in [2.75, 3.05) is 53.0 Å². The number of likely N-dealkylation sites (tertiary alicyclic amines) is 1. The summed E-state index contributed by atoms with van der Waals surface area (Å²) in [6.07, 6.45) is 3.60. The number of rotatable bonds is 4. The van der Waals surface area contributed by atoms with Gasteiger partial charge >= 0.3 is 0 Å². The summed E-state index contributed by atoms with van der Waals surface area (Å²) in [5.74, 6) is 0.778. The van der Waals surface area contributed by atoms with Gasteiger partial charge in [-0.15, -0.1) is 0 Å². The van der Waals surface area contributed by atoms with E-state index in [1.807, 2.05) is 35.4 Å². The summed E-state index contributed by atoms with van der Waals surface area (Å²) in [5, 5.41) is 0. The first kappa shape index (κ1) is 18.6. The first-order valence-electron chi connectivity index (χ1n) is 10.1. The topological polar surface area (TPSA) is 73.9 Å². The summed E-state index contributed by atoms with van der Waals surface area (Å²) >= 11 is 0. The van der Waals surface area contributed by atoms with E-state index in [-0.39, 0.29) is 17.5 Å². The fourth-order valence-electron chi connectivity index (χ4n) is 5.08. The number of imidazole rings is 1. The quantitative estimate of drug-likeness (QED) is 0.824. The molecule has 1 unspecified atom stereocenters. The molecule has 154 valence electrons. The molecule has 1 amide bonds. The van der Waals surface area contributed by atoms with Gasteiger partial charge in [0.25, 0.3) is 5.91 Å². The monoisotopic (exact) mass is 397 g/mol. The molecule has 0 bridgehead atoms. The smallest absolute Gasteiger partial charge is 0.254 e. The maximum absolute atomic E-state index is 13.3. The van der Waals surface area contributed by atoms with E-state index >= 15 is 0 Å². The number of nitrogens with one attached hydrogen (secondary N) is 1. The van der Waals surface area contributed by atoms with Gasteiger partial charge in [-0.05, 0) is 18.2 Å². The van der Waals surface area contributed by atoms with Gasteiger partial charge in [0.2, 0.25) is 0 Å². The molecule has 29 heavy (non-hydrogen) atoms. The normalized spacial score (nSPS) is 24.2. The van der Waals surface area contributed by atoms with Crippen molar-refractivity contribution in [2.45, 2.75) is 18.1 Å². The molecule has 1 aromatic heterocycles. The number of H-pyrrole nitrogens is 1. The highest BCUT2D eigenvalue weighted by Crippen LogP contribution is 2.36. The van der Waals surface area contributed by atoms with Crippen molar-refractivity contribution >= 4 is 5.91 Å². The van der Waals surface area contributed by atoms with E-state index in [1.165, 1.54) is 0 Å². The SMILES string of the molecule is COc1cccc(C(=O)N2CC3COCCN3C3(CN(Cc4cnc[nH]4)C3)C2)c1. The Morgan fingerprint density at radius 3 is 3.07 bits per heavy atom. The lowest BCUT2D eigenvalue weighted by atomic mass is 9.82. The van der Waals surface area contributed by atoms with Gasteiger partial charge in [0.15, 0.2) is 0 Å². The number of aromatic nitrogens is 2. The molecule has 3 aliphatic heterocycles. The van der Waals surface area contributed by atoms with Gasteiger partial charge in [-0.2, -0.15) is 0 Å². The number of hydrogen-bond acceptors (Lipinski definition) is 6. The van der Waals surface area contributed by atoms with Gasteiger partial charge in [0.1, 0.15) is 5.75 Å². The van der Waals surface area contributed by atoms with Gasteiger partial charge in [-0.1, -0.05) is 6.07 Å². The van der Waals surface area contributed by atoms with Gasteiger partial charge in [-0.25, -0.2) is 4.98 Å². The Morgan fingerprint density at radius 1 is 1.38 bits per heavy atom. The van der Waals surface area contributed by atoms with Crippen LogP contribution in [-0.4, -0.2) is 95.2 Å². The second-order valence-corrected chi connectivity index (χ2v) is 8.29. The molecule has 8 nitrogen and oxygen atoms in total. The molecule has 5 rings (SSSR count). The van der Waals surface area contributed by atoms with Crippen LogP contribution in [0.1, 0.15) is 16.1 Å². The summed E-state index contributed by atoms with van der Waals surface area (Å²) < 4.78 is 11.1. The number of carbonyl (C=O) groups is 1. The third kappa shape index (κ3) is 3.41. The maximum atomic E-state index is 13.3. The number of fused-ring (bicyclic) bond motifs is 2. The van der Waals surface area contributed by atoms with E-state index in [9.17, 15) is 4.79 Å². The molecule has 1 atom stereocenters. The van der Waals surface area contributed by atoms with Crippen LogP contribution in [0.5, 0.6) is 5.75 Å². The van der Waals surface area contributed by atoms with Crippen LogP contribution in [0.2, 0.25) is 0 Å². The van der Waals surface area contributed by atoms with E-state index in [4.69, 9.17) is 9.47 Å². The van der Waals surface area contributed by atoms with Crippen LogP contribution < -0.4 is 4.74 Å². The molecule has 4 heterocycles. The fourth-order valence-corrected chi connectivity index (χ4v) is 5.08. The zero-order chi connectivity index (χ0) is 19.8. The predicted molar refractivity (Wildman–Crippen MR) is 107 cm³/mol. The van der Waals surface area contributed by atoms with Crippen LogP contribution in [0.3, 0.4) is 0 Å². The highest BCUT2D eigenvalue weighted by molar-refractivity contribution is 5.94. The van der Waals surface area contributed by atoms with Gasteiger partial charge in [0, 0.05) is 56.7 Å². The predicted octanol–water partition coefficient (Wildman–Crippen LogP) is 0.830. The summed E-state index contributed by atoms with van der Waals surface area (Å²) in [6.45, 7) is 6.60. The highest BCUT2D eigenvalue weighted by atomic mass is 16.5. The van der Waals surface area contributed by atoms with Crippen molar-refractivity contribution in [2.24, 2.45) is 0 Å². The molecule has 3 saturated heterocycles. The number of piperazine rings is 1. The van der Waals surface area contributed by atoms with Crippen LogP contribution >= 0.6 is 0 Å². The zero-order valence-corrected chi connectivity index (χ0v) is 16.7. The van der Waals surface area contributed by atoms with E-state index in [0.717, 1.165) is 45.0 Å². The third-order valence-electron chi connectivity index (χ3n) is 6.34. The summed E-state index contributed by atoms with van der Waals surface area (Å²) in [5.41, 5.74) is 1.80. The molecule has 0 aliphatic carbocycles. The summed E-state index contributed by atoms with van der Waals surface area (Å²) in [6, 6.07) is 7.68. The molecule has 0 radical (unpaired) electrons. The minimum absolute atomic E-state index is 0.00123. The number of morpholine rings is 1. The molecule has 1 N–H and O–H groups in total. The van der Waals surface area contributed by atoms with Crippen molar-refractivity contribution in [1.82, 2.24) is 24.7 Å². The molecule has 1 spiro atoms. The number of nitrogens with zero attached hydrogens (tertiary/aromatic N) is 4. The van der Waals surface area contributed by atoms with Crippen molar-refractivity contribution < 1.29 is 14.3 Å². The lowest BCUT2D eigenvalue weighted by Crippen LogP contribution is -2.80. The van der Waals surface area contributed by atoms with Crippen LogP contribution in [-0.2, 0) is 11.3 Å². The third-order valence-corrected chi connectivity index (χ3v) is 6.34. The number of hydrogen-bond donors (Lipinski definition) is 1. The van der Waals surface area contributed by atoms with Crippen LogP contribution in [0.15, 0.2) is 36.8 Å². The van der Waals surface area contributed by atoms with E-state index in [1.54, 1.807) is 13.4 Å². The first-order chi connectivity index (χ1) is 14.2. The number of methoxy groups -OCH3 is 1. The fraction of sp³-hybridized carbons (Fsp3) is 0.524. The minimum atomic E-state index is 0.00123. The van der Waals surface area contributed by atoms with E-state index < -0.39 is 0 Å². The molecule has 3 aliphatic rings. The maximum Gasteiger partial charge on any atom is 0.254 e. The van der Waals surface area contributed by atoms with Crippen molar-refractivity contribution in [1.29, 1.82) is 0 Å². The Hall–Kier alpha value is -2.42. The second-order valence-electron chi connectivity index (χ2n) is 8.29. The molecule has 1 aromatic carbocycles. The lowest BCUT2D eigenvalue weighted by molar-refractivity contribution is -0.160. The Morgan fingerprint density at radius 2 is 2.28 bits per heavy atom. The number of amides is 1. The Bertz CT molecular complexity index is 865. The van der Waals surface area contributed by atoms with Crippen LogP contribution in [0.4, 0.5) is 0 Å². The van der Waals surface area contributed by atoms with Crippen molar-refractivity contribution in [3.63, 3.8) is 0 Å². The van der Waals surface area contributed by atoms with Gasteiger partial charge in [0.05, 0.1) is 38.2 Å². The highest BCUT2D eigenvalue weighted by Gasteiger charge is 2.54. The summed E-state index contributed by atoms with van der Waals surface area (Å²) in [7, 11) is 1.62. The average molecular weight is 397 g/mol. The molecular weight excluding hydrogens is 370 g/mol. The Labute approximate surface area is 170 Å². The number of benzene rings is 1. The molecule has 2 aromatic rings. The van der Waals surface area contributed by atoms with Crippen molar-refractivity contribution in [3.05, 3.63) is 48.0 Å². The number of ether oxygens (including phenoxy) is 2. The Kier molecular flexibility index (Phi) is 4.77. The molecule has 8 heteroatoms. The molecule has 0 saturated carbocycles. The standard InChI is InChI=1S/C21H27N5O3/c1-28-19-4-2-3-16(7-19)20(27)25-10-18-11-29-6-5-26(18)21(14-25)12-24(13-21)9-17-8-22-15-23-17/h2-4,7-8,15,18H,5-6,9-14H2,1H3,(H,22,23). The average Bonchev–Trinajstić information content (AvgIpc) is 3.25. The van der Waals surface area contributed by atoms with Gasteiger partial charge < -0.3 is 19.4 Å². The molecular formula is C21H27N5O3. The van der Waals surface area contributed by atoms with Crippen molar-refractivity contribution in [3.8, 4) is 5.75 Å². The van der Waals surface area contributed by atoms with E-state index in [0.29, 0.717) is 24.5 Å². The number of carbonyl (C=O) groups excluding carboxylic acids is 1. The second kappa shape index (κ2) is 7.44. The lowest BCUT2D eigenvalue weighted by Gasteiger charge is -2.63. The zero-order valence-electron chi connectivity index (χ0n) is 16.7.